The van der Waals surface area contributed by atoms with E-state index in [0.29, 0.717) is 5.54 Å². The van der Waals surface area contributed by atoms with E-state index in [1.807, 2.05) is 11.3 Å². The fraction of sp³-hybridized carbons (Fsp3) is 0.0909. The molecule has 0 aliphatic heterocycles. The monoisotopic (exact) mass is 484 g/mol. The molecule has 5 aromatic carbocycles. The summed E-state index contributed by atoms with van der Waals surface area (Å²) in [6.45, 7) is 4.81. The van der Waals surface area contributed by atoms with Crippen LogP contribution in [0.2, 0.25) is 5.54 Å². The zero-order valence-electron chi connectivity index (χ0n) is 20.1. The molecule has 0 unspecified atom stereocenters. The van der Waals surface area contributed by atoms with Crippen molar-refractivity contribution < 1.29 is 0 Å². The molecule has 0 aliphatic carbocycles. The SMILES string of the molecule is CC(C)[Si](c1ccccc1)(c1ccccc1)c1cccc(-c2ccc3sc4ccccc4c3c2)c1. The molecule has 0 nitrogen and oxygen atoms in total. The molecule has 0 N–H and O–H groups in total. The van der Waals surface area contributed by atoms with Crippen LogP contribution in [0.1, 0.15) is 13.8 Å². The third-order valence-electron chi connectivity index (χ3n) is 7.35. The molecule has 35 heavy (non-hydrogen) atoms. The fourth-order valence-corrected chi connectivity index (χ4v) is 12.0. The van der Waals surface area contributed by atoms with Gasteiger partial charge < -0.3 is 0 Å². The summed E-state index contributed by atoms with van der Waals surface area (Å²) in [5, 5.41) is 7.12. The van der Waals surface area contributed by atoms with Crippen molar-refractivity contribution in [3.8, 4) is 11.1 Å². The van der Waals surface area contributed by atoms with Crippen LogP contribution in [0.5, 0.6) is 0 Å². The maximum atomic E-state index is 2.47. The Morgan fingerprint density at radius 1 is 0.486 bits per heavy atom. The van der Waals surface area contributed by atoms with Gasteiger partial charge in [-0.05, 0) is 50.4 Å². The van der Waals surface area contributed by atoms with E-state index in [0.717, 1.165) is 0 Å². The third kappa shape index (κ3) is 3.65. The molecular formula is C33H28SSi. The molecule has 0 bridgehead atoms. The second-order valence-electron chi connectivity index (χ2n) is 9.58. The molecule has 0 radical (unpaired) electrons. The zero-order chi connectivity index (χ0) is 23.8. The van der Waals surface area contributed by atoms with Crippen molar-refractivity contribution in [1.29, 1.82) is 0 Å². The molecule has 1 aromatic heterocycles. The molecule has 0 spiro atoms. The van der Waals surface area contributed by atoms with Crippen molar-refractivity contribution in [2.75, 3.05) is 0 Å². The van der Waals surface area contributed by atoms with Gasteiger partial charge in [-0.2, -0.15) is 0 Å². The number of fused-ring (bicyclic) bond motifs is 3. The molecule has 0 amide bonds. The van der Waals surface area contributed by atoms with Gasteiger partial charge in [0.1, 0.15) is 0 Å². The second kappa shape index (κ2) is 8.96. The lowest BCUT2D eigenvalue weighted by Gasteiger charge is -2.37. The largest absolute Gasteiger partial charge is 0.150 e. The molecule has 6 rings (SSSR count). The summed E-state index contributed by atoms with van der Waals surface area (Å²) in [4.78, 5) is 0. The minimum atomic E-state index is -2.25. The molecule has 6 aromatic rings. The van der Waals surface area contributed by atoms with Crippen molar-refractivity contribution in [2.45, 2.75) is 19.4 Å². The first-order valence-corrected chi connectivity index (χ1v) is 15.2. The lowest BCUT2D eigenvalue weighted by Crippen LogP contribution is -2.69. The maximum Gasteiger partial charge on any atom is 0.150 e. The average molecular weight is 485 g/mol. The summed E-state index contributed by atoms with van der Waals surface area (Å²) in [5.74, 6) is 0. The maximum absolute atomic E-state index is 2.47. The average Bonchev–Trinajstić information content (AvgIpc) is 3.28. The van der Waals surface area contributed by atoms with Gasteiger partial charge in [0.05, 0.1) is 0 Å². The predicted molar refractivity (Wildman–Crippen MR) is 157 cm³/mol. The number of rotatable bonds is 5. The Morgan fingerprint density at radius 2 is 1.06 bits per heavy atom. The molecular weight excluding hydrogens is 457 g/mol. The molecule has 0 fully saturated rings. The first-order chi connectivity index (χ1) is 17.2. The van der Waals surface area contributed by atoms with E-state index < -0.39 is 8.07 Å². The summed E-state index contributed by atoms with van der Waals surface area (Å²) < 4.78 is 2.71. The summed E-state index contributed by atoms with van der Waals surface area (Å²) in [6.07, 6.45) is 0. The Kier molecular flexibility index (Phi) is 5.64. The number of hydrogen-bond donors (Lipinski definition) is 0. The van der Waals surface area contributed by atoms with Gasteiger partial charge in [0, 0.05) is 20.2 Å². The van der Waals surface area contributed by atoms with Gasteiger partial charge in [-0.15, -0.1) is 11.3 Å². The zero-order valence-corrected chi connectivity index (χ0v) is 21.9. The van der Waals surface area contributed by atoms with Crippen molar-refractivity contribution in [1.82, 2.24) is 0 Å². The van der Waals surface area contributed by atoms with E-state index in [-0.39, 0.29) is 0 Å². The van der Waals surface area contributed by atoms with Crippen LogP contribution < -0.4 is 15.6 Å². The van der Waals surface area contributed by atoms with Gasteiger partial charge in [0.2, 0.25) is 0 Å². The molecule has 0 saturated heterocycles. The van der Waals surface area contributed by atoms with E-state index in [2.05, 4.69) is 141 Å². The van der Waals surface area contributed by atoms with E-state index in [9.17, 15) is 0 Å². The van der Waals surface area contributed by atoms with E-state index >= 15 is 0 Å². The quantitative estimate of drug-likeness (QED) is 0.175. The molecule has 2 heteroatoms. The first kappa shape index (κ1) is 22.0. The van der Waals surface area contributed by atoms with E-state index in [1.165, 1.54) is 46.9 Å². The Bertz CT molecular complexity index is 1570. The van der Waals surface area contributed by atoms with Crippen LogP contribution in [0.15, 0.2) is 127 Å². The fourth-order valence-electron chi connectivity index (χ4n) is 5.75. The number of hydrogen-bond acceptors (Lipinski definition) is 1. The minimum Gasteiger partial charge on any atom is -0.135 e. The number of thiophene rings is 1. The van der Waals surface area contributed by atoms with Crippen LogP contribution >= 0.6 is 11.3 Å². The molecule has 1 heterocycles. The lowest BCUT2D eigenvalue weighted by molar-refractivity contribution is 1.04. The normalized spacial score (nSPS) is 12.0. The van der Waals surface area contributed by atoms with E-state index in [4.69, 9.17) is 0 Å². The molecule has 170 valence electrons. The van der Waals surface area contributed by atoms with Crippen LogP contribution in [0.3, 0.4) is 0 Å². The smallest absolute Gasteiger partial charge is 0.135 e. The summed E-state index contributed by atoms with van der Waals surface area (Å²) >= 11 is 1.88. The van der Waals surface area contributed by atoms with Crippen LogP contribution in [0.4, 0.5) is 0 Å². The highest BCUT2D eigenvalue weighted by atomic mass is 32.1. The van der Waals surface area contributed by atoms with Gasteiger partial charge in [0.25, 0.3) is 0 Å². The molecule has 0 saturated carbocycles. The summed E-state index contributed by atoms with van der Waals surface area (Å²) in [7, 11) is -2.25. The Morgan fingerprint density at radius 3 is 1.74 bits per heavy atom. The van der Waals surface area contributed by atoms with Crippen LogP contribution in [-0.2, 0) is 0 Å². The van der Waals surface area contributed by atoms with Crippen molar-refractivity contribution in [3.63, 3.8) is 0 Å². The van der Waals surface area contributed by atoms with Gasteiger partial charge >= 0.3 is 0 Å². The molecule has 0 aliphatic rings. The van der Waals surface area contributed by atoms with Crippen LogP contribution in [0.25, 0.3) is 31.3 Å². The van der Waals surface area contributed by atoms with Gasteiger partial charge in [0.15, 0.2) is 8.07 Å². The topological polar surface area (TPSA) is 0 Å². The van der Waals surface area contributed by atoms with Crippen LogP contribution in [-0.4, -0.2) is 8.07 Å². The van der Waals surface area contributed by atoms with E-state index in [1.54, 1.807) is 0 Å². The van der Waals surface area contributed by atoms with Gasteiger partial charge in [-0.3, -0.25) is 0 Å². The Balaban J connectivity index is 1.57. The summed E-state index contributed by atoms with van der Waals surface area (Å²) in [6, 6.07) is 47.5. The Labute approximate surface area is 212 Å². The standard InChI is InChI=1S/C33H28SSi/c1-24(2)35(27-13-5-3-6-14-27,28-15-7-4-8-16-28)29-17-11-12-25(22-29)26-20-21-33-31(23-26)30-18-9-10-19-32(30)34-33/h3-24H,1-2H3. The highest BCUT2D eigenvalue weighted by Crippen LogP contribution is 2.36. The van der Waals surface area contributed by atoms with Crippen LogP contribution in [0, 0.1) is 0 Å². The van der Waals surface area contributed by atoms with Gasteiger partial charge in [-0.25, -0.2) is 0 Å². The number of benzene rings is 5. The van der Waals surface area contributed by atoms with Crippen molar-refractivity contribution in [3.05, 3.63) is 127 Å². The van der Waals surface area contributed by atoms with Crippen molar-refractivity contribution in [2.24, 2.45) is 0 Å². The first-order valence-electron chi connectivity index (χ1n) is 12.3. The molecule has 0 atom stereocenters. The second-order valence-corrected chi connectivity index (χ2v) is 15.2. The third-order valence-corrected chi connectivity index (χ3v) is 13.9. The highest BCUT2D eigenvalue weighted by Gasteiger charge is 2.42. The highest BCUT2D eigenvalue weighted by molar-refractivity contribution is 7.25. The van der Waals surface area contributed by atoms with Gasteiger partial charge in [-0.1, -0.05) is 123 Å². The predicted octanol–water partition coefficient (Wildman–Crippen LogP) is 7.60. The minimum absolute atomic E-state index is 0.505. The summed E-state index contributed by atoms with van der Waals surface area (Å²) in [5.41, 5.74) is 3.09. The Hall–Kier alpha value is -3.46. The lowest BCUT2D eigenvalue weighted by atomic mass is 10.0. The van der Waals surface area contributed by atoms with Crippen molar-refractivity contribution >= 4 is 55.1 Å².